The smallest absolute Gasteiger partial charge is 0.129 e. The van der Waals surface area contributed by atoms with Crippen LogP contribution in [0.4, 0.5) is 17.1 Å². The van der Waals surface area contributed by atoms with E-state index in [4.69, 9.17) is 4.99 Å². The van der Waals surface area contributed by atoms with Crippen LogP contribution in [0.3, 0.4) is 0 Å². The molecule has 0 aromatic heterocycles. The number of amidine groups is 1. The molecule has 0 bridgehead atoms. The summed E-state index contributed by atoms with van der Waals surface area (Å²) in [6.07, 6.45) is 0. The predicted molar refractivity (Wildman–Crippen MR) is 117 cm³/mol. The number of benzene rings is 3. The van der Waals surface area contributed by atoms with Crippen molar-refractivity contribution in [3.05, 3.63) is 89.5 Å². The van der Waals surface area contributed by atoms with E-state index in [1.165, 1.54) is 11.1 Å². The van der Waals surface area contributed by atoms with Gasteiger partial charge in [-0.25, -0.2) is 4.99 Å². The number of nitrogens with one attached hydrogen (secondary N) is 2. The highest BCUT2D eigenvalue weighted by Crippen LogP contribution is 2.22. The van der Waals surface area contributed by atoms with Crippen molar-refractivity contribution >= 4 is 22.9 Å². The molecule has 0 aliphatic carbocycles. The van der Waals surface area contributed by atoms with Crippen molar-refractivity contribution in [3.8, 4) is 0 Å². The zero-order valence-corrected chi connectivity index (χ0v) is 16.5. The quantitative estimate of drug-likeness (QED) is 0.418. The molecule has 3 aromatic carbocycles. The molecule has 3 heteroatoms. The van der Waals surface area contributed by atoms with Crippen LogP contribution in [0.1, 0.15) is 23.6 Å². The first-order chi connectivity index (χ1) is 13.0. The van der Waals surface area contributed by atoms with Gasteiger partial charge in [0, 0.05) is 11.4 Å². The second-order valence-corrected chi connectivity index (χ2v) is 6.90. The van der Waals surface area contributed by atoms with Crippen molar-refractivity contribution in [3.63, 3.8) is 0 Å². The standard InChI is InChI=1S/C24H27N3/c1-17-11-5-8-14-21(17)25-20(4)24(26-22-15-9-6-12-18(22)2)27-23-16-10-7-13-19(23)3/h5-16,20,25H,1-4H3,(H,26,27). The summed E-state index contributed by atoms with van der Waals surface area (Å²) in [4.78, 5) is 4.96. The monoisotopic (exact) mass is 357 g/mol. The van der Waals surface area contributed by atoms with Crippen LogP contribution in [-0.2, 0) is 0 Å². The average molecular weight is 358 g/mol. The summed E-state index contributed by atoms with van der Waals surface area (Å²) in [5.74, 6) is 0.891. The highest BCUT2D eigenvalue weighted by Gasteiger charge is 2.14. The first-order valence-electron chi connectivity index (χ1n) is 9.33. The molecule has 27 heavy (non-hydrogen) atoms. The van der Waals surface area contributed by atoms with E-state index in [0.29, 0.717) is 0 Å². The number of hydrogen-bond donors (Lipinski definition) is 2. The van der Waals surface area contributed by atoms with Gasteiger partial charge in [0.05, 0.1) is 11.7 Å². The van der Waals surface area contributed by atoms with Gasteiger partial charge in [-0.1, -0.05) is 54.6 Å². The van der Waals surface area contributed by atoms with Gasteiger partial charge in [-0.05, 0) is 62.6 Å². The second kappa shape index (κ2) is 8.54. The molecule has 3 nitrogen and oxygen atoms in total. The molecule has 2 N–H and O–H groups in total. The number of nitrogens with zero attached hydrogens (tertiary/aromatic N) is 1. The lowest BCUT2D eigenvalue weighted by atomic mass is 10.1. The van der Waals surface area contributed by atoms with Gasteiger partial charge in [-0.2, -0.15) is 0 Å². The van der Waals surface area contributed by atoms with Crippen LogP contribution >= 0.6 is 0 Å². The molecule has 0 aliphatic heterocycles. The van der Waals surface area contributed by atoms with Crippen LogP contribution in [0, 0.1) is 20.8 Å². The maximum atomic E-state index is 4.96. The molecule has 0 spiro atoms. The minimum absolute atomic E-state index is 0.0188. The van der Waals surface area contributed by atoms with Crippen LogP contribution in [0.25, 0.3) is 0 Å². The summed E-state index contributed by atoms with van der Waals surface area (Å²) >= 11 is 0. The molecule has 0 fully saturated rings. The van der Waals surface area contributed by atoms with E-state index in [0.717, 1.165) is 28.5 Å². The Morgan fingerprint density at radius 1 is 0.704 bits per heavy atom. The number of hydrogen-bond acceptors (Lipinski definition) is 2. The van der Waals surface area contributed by atoms with Gasteiger partial charge in [0.25, 0.3) is 0 Å². The molecule has 0 aliphatic rings. The van der Waals surface area contributed by atoms with E-state index < -0.39 is 0 Å². The molecule has 0 saturated heterocycles. The SMILES string of the molecule is Cc1ccccc1N=C(Nc1ccccc1C)C(C)Nc1ccccc1C. The molecule has 1 atom stereocenters. The largest absolute Gasteiger partial charge is 0.375 e. The molecule has 0 amide bonds. The first kappa shape index (κ1) is 18.7. The van der Waals surface area contributed by atoms with E-state index in [9.17, 15) is 0 Å². The maximum absolute atomic E-state index is 4.96. The molecule has 0 heterocycles. The number of aryl methyl sites for hydroxylation is 3. The van der Waals surface area contributed by atoms with Gasteiger partial charge >= 0.3 is 0 Å². The molecule has 0 radical (unpaired) electrons. The molecular weight excluding hydrogens is 330 g/mol. The Kier molecular flexibility index (Phi) is 5.92. The van der Waals surface area contributed by atoms with Crippen molar-refractivity contribution in [2.24, 2.45) is 4.99 Å². The normalized spacial score (nSPS) is 12.5. The van der Waals surface area contributed by atoms with E-state index >= 15 is 0 Å². The Balaban J connectivity index is 1.95. The fourth-order valence-corrected chi connectivity index (χ4v) is 2.94. The Morgan fingerprint density at radius 3 is 1.81 bits per heavy atom. The minimum Gasteiger partial charge on any atom is -0.375 e. The third-order valence-electron chi connectivity index (χ3n) is 4.69. The number of aliphatic imine (C=N–C) groups is 1. The van der Waals surface area contributed by atoms with Gasteiger partial charge in [0.2, 0.25) is 0 Å². The lowest BCUT2D eigenvalue weighted by Gasteiger charge is -2.21. The average Bonchev–Trinajstić information content (AvgIpc) is 2.66. The summed E-state index contributed by atoms with van der Waals surface area (Å²) < 4.78 is 0. The van der Waals surface area contributed by atoms with E-state index in [1.807, 2.05) is 24.3 Å². The fraction of sp³-hybridized carbons (Fsp3) is 0.208. The highest BCUT2D eigenvalue weighted by atomic mass is 15.1. The second-order valence-electron chi connectivity index (χ2n) is 6.90. The number of anilines is 2. The Labute approximate surface area is 162 Å². The summed E-state index contributed by atoms with van der Waals surface area (Å²) in [5, 5.41) is 7.15. The summed E-state index contributed by atoms with van der Waals surface area (Å²) in [5.41, 5.74) is 6.74. The van der Waals surface area contributed by atoms with Crippen LogP contribution in [0.2, 0.25) is 0 Å². The molecular formula is C24H27N3. The Bertz CT molecular complexity index is 944. The van der Waals surface area contributed by atoms with E-state index in [-0.39, 0.29) is 6.04 Å². The van der Waals surface area contributed by atoms with Gasteiger partial charge < -0.3 is 10.6 Å². The molecule has 1 unspecified atom stereocenters. The third-order valence-corrected chi connectivity index (χ3v) is 4.69. The summed E-state index contributed by atoms with van der Waals surface area (Å²) in [6, 6.07) is 24.8. The number of para-hydroxylation sites is 3. The minimum atomic E-state index is 0.0188. The van der Waals surface area contributed by atoms with Crippen molar-refractivity contribution in [1.82, 2.24) is 0 Å². The maximum Gasteiger partial charge on any atom is 0.129 e. The van der Waals surface area contributed by atoms with Crippen LogP contribution in [0.5, 0.6) is 0 Å². The van der Waals surface area contributed by atoms with E-state index in [2.05, 4.69) is 86.9 Å². The highest BCUT2D eigenvalue weighted by molar-refractivity contribution is 6.02. The van der Waals surface area contributed by atoms with Crippen molar-refractivity contribution in [1.29, 1.82) is 0 Å². The van der Waals surface area contributed by atoms with Crippen LogP contribution in [0.15, 0.2) is 77.8 Å². The molecule has 3 aromatic rings. The topological polar surface area (TPSA) is 36.4 Å². The van der Waals surface area contributed by atoms with Gasteiger partial charge in [0.15, 0.2) is 0 Å². The Morgan fingerprint density at radius 2 is 1.22 bits per heavy atom. The third kappa shape index (κ3) is 4.76. The van der Waals surface area contributed by atoms with E-state index in [1.54, 1.807) is 0 Å². The molecule has 0 saturated carbocycles. The summed E-state index contributed by atoms with van der Waals surface area (Å²) in [7, 11) is 0. The summed E-state index contributed by atoms with van der Waals surface area (Å²) in [6.45, 7) is 8.44. The Hall–Kier alpha value is -3.07. The first-order valence-corrected chi connectivity index (χ1v) is 9.33. The van der Waals surface area contributed by atoms with Crippen molar-refractivity contribution in [2.75, 3.05) is 10.6 Å². The zero-order chi connectivity index (χ0) is 19.2. The predicted octanol–water partition coefficient (Wildman–Crippen LogP) is 6.25. The fourth-order valence-electron chi connectivity index (χ4n) is 2.94. The lowest BCUT2D eigenvalue weighted by molar-refractivity contribution is 1.03. The van der Waals surface area contributed by atoms with Gasteiger partial charge in [0.1, 0.15) is 5.84 Å². The molecule has 138 valence electrons. The zero-order valence-electron chi connectivity index (χ0n) is 16.5. The van der Waals surface area contributed by atoms with Crippen LogP contribution < -0.4 is 10.6 Å². The van der Waals surface area contributed by atoms with Gasteiger partial charge in [-0.3, -0.25) is 0 Å². The number of rotatable bonds is 5. The van der Waals surface area contributed by atoms with Crippen molar-refractivity contribution < 1.29 is 0 Å². The van der Waals surface area contributed by atoms with Crippen molar-refractivity contribution in [2.45, 2.75) is 33.7 Å². The lowest BCUT2D eigenvalue weighted by Crippen LogP contribution is -2.32. The van der Waals surface area contributed by atoms with Gasteiger partial charge in [-0.15, -0.1) is 0 Å². The van der Waals surface area contributed by atoms with Crippen LogP contribution in [-0.4, -0.2) is 11.9 Å². The molecule has 3 rings (SSSR count).